The Kier molecular flexibility index (Phi) is 2.84. The number of H-pyrrole nitrogens is 1. The van der Waals surface area contributed by atoms with Crippen LogP contribution >= 0.6 is 0 Å². The summed E-state index contributed by atoms with van der Waals surface area (Å²) < 4.78 is 0. The van der Waals surface area contributed by atoms with E-state index in [2.05, 4.69) is 20.6 Å². The Morgan fingerprint density at radius 2 is 2.12 bits per heavy atom. The van der Waals surface area contributed by atoms with Crippen LogP contribution in [0.4, 0.5) is 5.82 Å². The topological polar surface area (TPSA) is 69.8 Å². The summed E-state index contributed by atoms with van der Waals surface area (Å²) in [5.41, 5.74) is 2.01. The van der Waals surface area contributed by atoms with E-state index in [-0.39, 0.29) is 5.69 Å². The lowest BCUT2D eigenvalue weighted by Gasteiger charge is -2.11. The molecule has 3 N–H and O–H groups in total. The standard InChI is InChI=1S/C12H18N4O/c17-12-15-10-4-6-13-5-3-9(10)11(16-12)14-7-8-1-2-8/h8,13H,1-7H2,(H2,14,15,16,17). The van der Waals surface area contributed by atoms with Gasteiger partial charge in [0.25, 0.3) is 0 Å². The summed E-state index contributed by atoms with van der Waals surface area (Å²) in [5, 5.41) is 6.68. The van der Waals surface area contributed by atoms with Gasteiger partial charge in [0.15, 0.2) is 0 Å². The molecule has 0 atom stereocenters. The Balaban J connectivity index is 1.88. The van der Waals surface area contributed by atoms with E-state index in [1.54, 1.807) is 0 Å². The lowest BCUT2D eigenvalue weighted by atomic mass is 10.1. The quantitative estimate of drug-likeness (QED) is 0.702. The van der Waals surface area contributed by atoms with Crippen molar-refractivity contribution < 1.29 is 0 Å². The molecular weight excluding hydrogens is 216 g/mol. The van der Waals surface area contributed by atoms with Crippen LogP contribution < -0.4 is 16.3 Å². The second kappa shape index (κ2) is 4.49. The molecule has 0 saturated heterocycles. The van der Waals surface area contributed by atoms with Gasteiger partial charge in [0, 0.05) is 30.8 Å². The molecule has 0 radical (unpaired) electrons. The minimum Gasteiger partial charge on any atom is -0.369 e. The first kappa shape index (κ1) is 10.8. The second-order valence-corrected chi connectivity index (χ2v) is 4.92. The van der Waals surface area contributed by atoms with Crippen molar-refractivity contribution in [3.8, 4) is 0 Å². The average molecular weight is 234 g/mol. The molecule has 1 aliphatic carbocycles. The number of fused-ring (bicyclic) bond motifs is 1. The minimum absolute atomic E-state index is 0.232. The lowest BCUT2D eigenvalue weighted by molar-refractivity contribution is 0.708. The van der Waals surface area contributed by atoms with E-state index >= 15 is 0 Å². The maximum Gasteiger partial charge on any atom is 0.347 e. The zero-order chi connectivity index (χ0) is 11.7. The van der Waals surface area contributed by atoms with E-state index < -0.39 is 0 Å². The van der Waals surface area contributed by atoms with Crippen LogP contribution in [0.15, 0.2) is 4.79 Å². The maximum absolute atomic E-state index is 11.5. The van der Waals surface area contributed by atoms with Crippen LogP contribution in [0.2, 0.25) is 0 Å². The molecule has 5 heteroatoms. The van der Waals surface area contributed by atoms with E-state index in [0.29, 0.717) is 0 Å². The molecule has 2 aliphatic rings. The number of aromatic amines is 1. The molecule has 17 heavy (non-hydrogen) atoms. The summed E-state index contributed by atoms with van der Waals surface area (Å²) in [6.45, 7) is 2.84. The van der Waals surface area contributed by atoms with Crippen LogP contribution in [-0.4, -0.2) is 29.6 Å². The molecule has 3 rings (SSSR count). The first-order chi connectivity index (χ1) is 8.33. The molecule has 0 unspecified atom stereocenters. The van der Waals surface area contributed by atoms with Gasteiger partial charge in [-0.1, -0.05) is 0 Å². The molecule has 0 amide bonds. The Bertz CT molecular complexity index is 464. The number of nitrogens with zero attached hydrogens (tertiary/aromatic N) is 1. The molecule has 0 spiro atoms. The van der Waals surface area contributed by atoms with Crippen molar-refractivity contribution in [2.45, 2.75) is 25.7 Å². The highest BCUT2D eigenvalue weighted by molar-refractivity contribution is 5.46. The molecule has 1 saturated carbocycles. The Morgan fingerprint density at radius 3 is 2.94 bits per heavy atom. The van der Waals surface area contributed by atoms with E-state index in [4.69, 9.17) is 0 Å². The lowest BCUT2D eigenvalue weighted by Crippen LogP contribution is -2.20. The summed E-state index contributed by atoms with van der Waals surface area (Å²) in [5.74, 6) is 1.59. The van der Waals surface area contributed by atoms with Gasteiger partial charge < -0.3 is 15.6 Å². The number of aromatic nitrogens is 2. The van der Waals surface area contributed by atoms with Crippen LogP contribution in [0.1, 0.15) is 24.1 Å². The largest absolute Gasteiger partial charge is 0.369 e. The summed E-state index contributed by atoms with van der Waals surface area (Å²) in [4.78, 5) is 18.5. The Labute approximate surface area is 100 Å². The summed E-state index contributed by atoms with van der Waals surface area (Å²) in [6, 6.07) is 0. The van der Waals surface area contributed by atoms with E-state index in [0.717, 1.165) is 49.9 Å². The molecule has 1 aliphatic heterocycles. The molecule has 5 nitrogen and oxygen atoms in total. The van der Waals surface area contributed by atoms with E-state index in [1.807, 2.05) is 0 Å². The van der Waals surface area contributed by atoms with E-state index in [9.17, 15) is 4.79 Å². The molecule has 0 bridgehead atoms. The Hall–Kier alpha value is -1.36. The van der Waals surface area contributed by atoms with Crippen molar-refractivity contribution in [2.75, 3.05) is 25.0 Å². The first-order valence-electron chi connectivity index (χ1n) is 6.39. The summed E-state index contributed by atoms with van der Waals surface area (Å²) >= 11 is 0. The average Bonchev–Trinajstić information content (AvgIpc) is 3.12. The number of nitrogens with one attached hydrogen (secondary N) is 3. The van der Waals surface area contributed by atoms with Crippen LogP contribution in [0.25, 0.3) is 0 Å². The van der Waals surface area contributed by atoms with Crippen molar-refractivity contribution in [2.24, 2.45) is 5.92 Å². The molecule has 92 valence electrons. The van der Waals surface area contributed by atoms with Crippen molar-refractivity contribution in [1.82, 2.24) is 15.3 Å². The van der Waals surface area contributed by atoms with Crippen LogP contribution in [-0.2, 0) is 12.8 Å². The molecule has 0 aromatic carbocycles. The van der Waals surface area contributed by atoms with E-state index in [1.165, 1.54) is 18.4 Å². The smallest absolute Gasteiger partial charge is 0.347 e. The van der Waals surface area contributed by atoms with Gasteiger partial charge in [-0.05, 0) is 31.7 Å². The van der Waals surface area contributed by atoms with Gasteiger partial charge in [-0.25, -0.2) is 4.79 Å². The third-order valence-electron chi connectivity index (χ3n) is 3.48. The van der Waals surface area contributed by atoms with Gasteiger partial charge >= 0.3 is 5.69 Å². The first-order valence-corrected chi connectivity index (χ1v) is 6.39. The number of anilines is 1. The Morgan fingerprint density at radius 1 is 1.29 bits per heavy atom. The van der Waals surface area contributed by atoms with Gasteiger partial charge in [-0.3, -0.25) is 0 Å². The van der Waals surface area contributed by atoms with Gasteiger partial charge in [-0.15, -0.1) is 0 Å². The maximum atomic E-state index is 11.5. The summed E-state index contributed by atoms with van der Waals surface area (Å²) in [7, 11) is 0. The van der Waals surface area contributed by atoms with Crippen LogP contribution in [0.3, 0.4) is 0 Å². The van der Waals surface area contributed by atoms with Gasteiger partial charge in [0.05, 0.1) is 0 Å². The fourth-order valence-corrected chi connectivity index (χ4v) is 2.29. The molecule has 1 aromatic heterocycles. The highest BCUT2D eigenvalue weighted by Crippen LogP contribution is 2.29. The predicted molar refractivity (Wildman–Crippen MR) is 66.3 cm³/mol. The second-order valence-electron chi connectivity index (χ2n) is 4.92. The van der Waals surface area contributed by atoms with Crippen LogP contribution in [0.5, 0.6) is 0 Å². The molecule has 1 fully saturated rings. The van der Waals surface area contributed by atoms with Crippen molar-refractivity contribution >= 4 is 5.82 Å². The number of hydrogen-bond donors (Lipinski definition) is 3. The molecule has 1 aromatic rings. The minimum atomic E-state index is -0.232. The number of hydrogen-bond acceptors (Lipinski definition) is 4. The molecule has 2 heterocycles. The van der Waals surface area contributed by atoms with Crippen LogP contribution in [0, 0.1) is 5.92 Å². The fourth-order valence-electron chi connectivity index (χ4n) is 2.29. The van der Waals surface area contributed by atoms with Gasteiger partial charge in [-0.2, -0.15) is 4.98 Å². The van der Waals surface area contributed by atoms with Crippen molar-refractivity contribution in [1.29, 1.82) is 0 Å². The van der Waals surface area contributed by atoms with Gasteiger partial charge in [0.1, 0.15) is 5.82 Å². The zero-order valence-electron chi connectivity index (χ0n) is 9.88. The normalized spacial score (nSPS) is 19.5. The third-order valence-corrected chi connectivity index (χ3v) is 3.48. The number of rotatable bonds is 3. The fraction of sp³-hybridized carbons (Fsp3) is 0.667. The van der Waals surface area contributed by atoms with Crippen molar-refractivity contribution in [3.63, 3.8) is 0 Å². The van der Waals surface area contributed by atoms with Crippen molar-refractivity contribution in [3.05, 3.63) is 21.7 Å². The highest BCUT2D eigenvalue weighted by atomic mass is 16.1. The summed E-state index contributed by atoms with van der Waals surface area (Å²) in [6.07, 6.45) is 4.43. The highest BCUT2D eigenvalue weighted by Gasteiger charge is 2.22. The molecular formula is C12H18N4O. The predicted octanol–water partition coefficient (Wildman–Crippen LogP) is 0.280. The SMILES string of the molecule is O=c1nc(NCC2CC2)c2c([nH]1)CCNCC2. The van der Waals surface area contributed by atoms with Gasteiger partial charge in [0.2, 0.25) is 0 Å². The third kappa shape index (κ3) is 2.49. The zero-order valence-corrected chi connectivity index (χ0v) is 9.88. The monoisotopic (exact) mass is 234 g/mol.